The van der Waals surface area contributed by atoms with Gasteiger partial charge in [-0.25, -0.2) is 4.39 Å². The number of carbonyl (C=O) groups excluding carboxylic acids is 2. The predicted molar refractivity (Wildman–Crippen MR) is 81.8 cm³/mol. The van der Waals surface area contributed by atoms with Crippen LogP contribution in [0.15, 0.2) is 24.3 Å². The molecule has 1 aliphatic rings. The number of benzene rings is 1. The molecule has 2 rings (SSSR count). The van der Waals surface area contributed by atoms with Crippen LogP contribution in [0.3, 0.4) is 0 Å². The summed E-state index contributed by atoms with van der Waals surface area (Å²) in [5.41, 5.74) is 0.501. The molecular formula is C14H18FN3O2S. The van der Waals surface area contributed by atoms with Crippen LogP contribution in [0.4, 0.5) is 10.1 Å². The van der Waals surface area contributed by atoms with Crippen LogP contribution in [0.1, 0.15) is 6.42 Å². The van der Waals surface area contributed by atoms with Crippen molar-refractivity contribution in [3.8, 4) is 0 Å². The van der Waals surface area contributed by atoms with Crippen molar-refractivity contribution < 1.29 is 14.0 Å². The molecule has 0 aromatic heterocycles. The highest BCUT2D eigenvalue weighted by Crippen LogP contribution is 2.10. The van der Waals surface area contributed by atoms with E-state index in [1.54, 1.807) is 0 Å². The van der Waals surface area contributed by atoms with Crippen LogP contribution >= 0.6 is 11.8 Å². The van der Waals surface area contributed by atoms with Crippen molar-refractivity contribution in [1.82, 2.24) is 10.6 Å². The Labute approximate surface area is 127 Å². The molecule has 1 aromatic carbocycles. The van der Waals surface area contributed by atoms with Gasteiger partial charge in [0.05, 0.1) is 6.54 Å². The third kappa shape index (κ3) is 5.73. The first-order chi connectivity index (χ1) is 10.1. The molecule has 0 bridgehead atoms. The fourth-order valence-electron chi connectivity index (χ4n) is 1.96. The van der Waals surface area contributed by atoms with Gasteiger partial charge >= 0.3 is 0 Å². The Hall–Kier alpha value is -1.60. The van der Waals surface area contributed by atoms with Crippen LogP contribution < -0.4 is 16.0 Å². The largest absolute Gasteiger partial charge is 0.347 e. The van der Waals surface area contributed by atoms with Gasteiger partial charge < -0.3 is 16.0 Å². The van der Waals surface area contributed by atoms with Gasteiger partial charge in [0.25, 0.3) is 0 Å². The Morgan fingerprint density at radius 3 is 2.71 bits per heavy atom. The highest BCUT2D eigenvalue weighted by molar-refractivity contribution is 7.99. The topological polar surface area (TPSA) is 70.2 Å². The molecule has 1 aliphatic heterocycles. The summed E-state index contributed by atoms with van der Waals surface area (Å²) in [4.78, 5) is 23.4. The van der Waals surface area contributed by atoms with Crippen LogP contribution in [-0.2, 0) is 9.59 Å². The molecule has 0 radical (unpaired) electrons. The quantitative estimate of drug-likeness (QED) is 0.758. The monoisotopic (exact) mass is 311 g/mol. The van der Waals surface area contributed by atoms with E-state index in [2.05, 4.69) is 16.0 Å². The van der Waals surface area contributed by atoms with Gasteiger partial charge in [-0.2, -0.15) is 11.8 Å². The summed E-state index contributed by atoms with van der Waals surface area (Å²) in [6.45, 7) is 0.823. The number of nitrogens with one attached hydrogen (secondary N) is 3. The zero-order valence-electron chi connectivity index (χ0n) is 11.5. The second kappa shape index (κ2) is 7.99. The molecule has 21 heavy (non-hydrogen) atoms. The molecule has 0 aliphatic carbocycles. The Kier molecular flexibility index (Phi) is 6.01. The number of rotatable bonds is 5. The number of halogens is 1. The molecule has 0 saturated carbocycles. The van der Waals surface area contributed by atoms with E-state index in [4.69, 9.17) is 0 Å². The zero-order valence-corrected chi connectivity index (χ0v) is 12.3. The van der Waals surface area contributed by atoms with E-state index < -0.39 is 0 Å². The molecule has 114 valence electrons. The molecule has 7 heteroatoms. The first-order valence-electron chi connectivity index (χ1n) is 6.77. The summed E-state index contributed by atoms with van der Waals surface area (Å²) >= 11 is 1.82. The van der Waals surface area contributed by atoms with Gasteiger partial charge in [-0.05, 0) is 24.3 Å². The van der Waals surface area contributed by atoms with Crippen LogP contribution in [0.2, 0.25) is 0 Å². The highest BCUT2D eigenvalue weighted by Gasteiger charge is 2.16. The molecule has 3 N–H and O–H groups in total. The second-order valence-corrected chi connectivity index (χ2v) is 5.91. The van der Waals surface area contributed by atoms with Crippen molar-refractivity contribution in [3.63, 3.8) is 0 Å². The lowest BCUT2D eigenvalue weighted by atomic mass is 10.2. The Morgan fingerprint density at radius 1 is 1.29 bits per heavy atom. The number of anilines is 1. The van der Waals surface area contributed by atoms with Crippen molar-refractivity contribution in [2.75, 3.05) is 29.9 Å². The van der Waals surface area contributed by atoms with Crippen molar-refractivity contribution in [2.45, 2.75) is 12.5 Å². The standard InChI is InChI=1S/C14H18FN3O2S/c15-10-1-3-11(4-2-10)18-14(20)8-17-13(19)7-12-9-21-6-5-16-12/h1-4,12,16H,5-9H2,(H,17,19)(H,18,20). The number of thioether (sulfide) groups is 1. The molecule has 1 heterocycles. The summed E-state index contributed by atoms with van der Waals surface area (Å²) in [6, 6.07) is 5.64. The number of amides is 2. The van der Waals surface area contributed by atoms with Gasteiger partial charge in [-0.3, -0.25) is 9.59 Å². The fraction of sp³-hybridized carbons (Fsp3) is 0.429. The first kappa shape index (κ1) is 15.8. The molecular weight excluding hydrogens is 293 g/mol. The molecule has 1 atom stereocenters. The maximum absolute atomic E-state index is 12.7. The minimum absolute atomic E-state index is 0.0872. The number of hydrogen-bond acceptors (Lipinski definition) is 4. The van der Waals surface area contributed by atoms with E-state index in [9.17, 15) is 14.0 Å². The highest BCUT2D eigenvalue weighted by atomic mass is 32.2. The summed E-state index contributed by atoms with van der Waals surface area (Å²) in [6.07, 6.45) is 0.372. The summed E-state index contributed by atoms with van der Waals surface area (Å²) in [7, 11) is 0. The van der Waals surface area contributed by atoms with Gasteiger partial charge in [0.1, 0.15) is 5.82 Å². The summed E-state index contributed by atoms with van der Waals surface area (Å²) < 4.78 is 12.7. The molecule has 2 amide bonds. The van der Waals surface area contributed by atoms with Gasteiger partial charge in [-0.15, -0.1) is 0 Å². The molecule has 5 nitrogen and oxygen atoms in total. The average Bonchev–Trinajstić information content (AvgIpc) is 2.49. The van der Waals surface area contributed by atoms with Crippen molar-refractivity contribution >= 4 is 29.3 Å². The van der Waals surface area contributed by atoms with Gasteiger partial charge in [0.2, 0.25) is 11.8 Å². The third-order valence-corrected chi connectivity index (χ3v) is 4.14. The van der Waals surface area contributed by atoms with E-state index in [0.717, 1.165) is 18.1 Å². The van der Waals surface area contributed by atoms with E-state index in [0.29, 0.717) is 12.1 Å². The second-order valence-electron chi connectivity index (χ2n) is 4.76. The molecule has 1 fully saturated rings. The van der Waals surface area contributed by atoms with E-state index in [1.165, 1.54) is 24.3 Å². The van der Waals surface area contributed by atoms with Crippen molar-refractivity contribution in [2.24, 2.45) is 0 Å². The minimum Gasteiger partial charge on any atom is -0.347 e. The van der Waals surface area contributed by atoms with E-state index in [-0.39, 0.29) is 30.2 Å². The lowest BCUT2D eigenvalue weighted by Crippen LogP contribution is -2.42. The Bertz CT molecular complexity index is 489. The molecule has 0 spiro atoms. The van der Waals surface area contributed by atoms with Crippen molar-refractivity contribution in [1.29, 1.82) is 0 Å². The number of carbonyl (C=O) groups is 2. The Morgan fingerprint density at radius 2 is 2.05 bits per heavy atom. The minimum atomic E-state index is -0.362. The lowest BCUT2D eigenvalue weighted by Gasteiger charge is -2.22. The zero-order chi connectivity index (χ0) is 15.1. The van der Waals surface area contributed by atoms with Gasteiger partial charge in [-0.1, -0.05) is 0 Å². The normalized spacial score (nSPS) is 18.0. The van der Waals surface area contributed by atoms with Crippen LogP contribution in [0, 0.1) is 5.82 Å². The number of hydrogen-bond donors (Lipinski definition) is 3. The maximum Gasteiger partial charge on any atom is 0.243 e. The van der Waals surface area contributed by atoms with E-state index >= 15 is 0 Å². The predicted octanol–water partition coefficient (Wildman–Crippen LogP) is 0.975. The van der Waals surface area contributed by atoms with Crippen molar-refractivity contribution in [3.05, 3.63) is 30.1 Å². The molecule has 1 unspecified atom stereocenters. The maximum atomic E-state index is 12.7. The van der Waals surface area contributed by atoms with Crippen LogP contribution in [0.5, 0.6) is 0 Å². The first-order valence-corrected chi connectivity index (χ1v) is 7.92. The SMILES string of the molecule is O=C(CC1CSCCN1)NCC(=O)Nc1ccc(F)cc1. The van der Waals surface area contributed by atoms with Gasteiger partial charge in [0, 0.05) is 36.2 Å². The lowest BCUT2D eigenvalue weighted by molar-refractivity contribution is -0.124. The molecule has 1 saturated heterocycles. The smallest absolute Gasteiger partial charge is 0.243 e. The van der Waals surface area contributed by atoms with E-state index in [1.807, 2.05) is 11.8 Å². The van der Waals surface area contributed by atoms with Crippen LogP contribution in [0.25, 0.3) is 0 Å². The van der Waals surface area contributed by atoms with Crippen LogP contribution in [-0.4, -0.2) is 42.5 Å². The summed E-state index contributed by atoms with van der Waals surface area (Å²) in [5, 5.41) is 8.44. The Balaban J connectivity index is 1.68. The molecule has 1 aromatic rings. The average molecular weight is 311 g/mol. The van der Waals surface area contributed by atoms with Gasteiger partial charge in [0.15, 0.2) is 0 Å². The third-order valence-electron chi connectivity index (χ3n) is 3.00. The fourth-order valence-corrected chi connectivity index (χ4v) is 2.91. The summed E-state index contributed by atoms with van der Waals surface area (Å²) in [5.74, 6) is 1.14.